The first-order valence-corrected chi connectivity index (χ1v) is 15.5. The van der Waals surface area contributed by atoms with E-state index >= 15 is 0 Å². The molecule has 242 valence electrons. The Morgan fingerprint density at radius 2 is 1.51 bits per heavy atom. The van der Waals surface area contributed by atoms with Crippen molar-refractivity contribution in [2.45, 2.75) is 64.6 Å². The second-order valence-corrected chi connectivity index (χ2v) is 11.6. The Kier molecular flexibility index (Phi) is 11.8. The quantitative estimate of drug-likeness (QED) is 0.0999. The Hall–Kier alpha value is -4.18. The van der Waals surface area contributed by atoms with Crippen molar-refractivity contribution in [1.29, 1.82) is 0 Å². The summed E-state index contributed by atoms with van der Waals surface area (Å²) < 4.78 is 40.8. The van der Waals surface area contributed by atoms with E-state index in [1.54, 1.807) is 18.2 Å². The molecule has 3 aromatic carbocycles. The number of benzene rings is 3. The van der Waals surface area contributed by atoms with Gasteiger partial charge in [0.15, 0.2) is 0 Å². The van der Waals surface area contributed by atoms with Gasteiger partial charge in [0.25, 0.3) is 0 Å². The van der Waals surface area contributed by atoms with Crippen LogP contribution in [-0.2, 0) is 12.7 Å². The van der Waals surface area contributed by atoms with Gasteiger partial charge in [-0.3, -0.25) is 0 Å². The molecule has 0 unspecified atom stereocenters. The number of alkyl halides is 3. The van der Waals surface area contributed by atoms with Gasteiger partial charge in [0, 0.05) is 29.7 Å². The van der Waals surface area contributed by atoms with Crippen LogP contribution in [0.3, 0.4) is 0 Å². The maximum Gasteiger partial charge on any atom is 0.416 e. The van der Waals surface area contributed by atoms with Gasteiger partial charge in [-0.1, -0.05) is 25.3 Å². The largest absolute Gasteiger partial charge is 0.508 e. The van der Waals surface area contributed by atoms with E-state index in [9.17, 15) is 28.2 Å². The lowest BCUT2D eigenvalue weighted by Crippen LogP contribution is -2.29. The molecule has 0 radical (unpaired) electrons. The van der Waals surface area contributed by atoms with Gasteiger partial charge in [0.2, 0.25) is 0 Å². The zero-order valence-corrected chi connectivity index (χ0v) is 26.0. The molecule has 0 saturated carbocycles. The molecular formula is C35H43F3N4O3. The molecule has 0 spiro atoms. The lowest BCUT2D eigenvalue weighted by Gasteiger charge is -2.16. The molecule has 4 rings (SSSR count). The second-order valence-electron chi connectivity index (χ2n) is 11.6. The van der Waals surface area contributed by atoms with Crippen molar-refractivity contribution in [3.8, 4) is 22.8 Å². The van der Waals surface area contributed by atoms with Gasteiger partial charge in [0.1, 0.15) is 11.5 Å². The molecular weight excluding hydrogens is 581 g/mol. The predicted molar refractivity (Wildman–Crippen MR) is 174 cm³/mol. The Morgan fingerprint density at radius 1 is 0.844 bits per heavy atom. The summed E-state index contributed by atoms with van der Waals surface area (Å²) in [7, 11) is 2.12. The van der Waals surface area contributed by atoms with Crippen molar-refractivity contribution in [3.63, 3.8) is 0 Å². The smallest absolute Gasteiger partial charge is 0.416 e. The lowest BCUT2D eigenvalue weighted by atomic mass is 10.1. The molecule has 0 aliphatic heterocycles. The van der Waals surface area contributed by atoms with Crippen molar-refractivity contribution in [3.05, 3.63) is 77.9 Å². The topological polar surface area (TPSA) is 89.8 Å². The number of halogens is 3. The number of carbonyl (C=O) groups excluding carboxylic acids is 1. The number of amides is 2. The molecule has 0 aliphatic rings. The lowest BCUT2D eigenvalue weighted by molar-refractivity contribution is -0.137. The van der Waals surface area contributed by atoms with Crippen LogP contribution in [0.4, 0.5) is 23.7 Å². The number of nitrogens with one attached hydrogen (secondary N) is 2. The van der Waals surface area contributed by atoms with Crippen molar-refractivity contribution < 1.29 is 28.2 Å². The first-order chi connectivity index (χ1) is 21.5. The second kappa shape index (κ2) is 15.7. The molecule has 4 aromatic rings. The summed E-state index contributed by atoms with van der Waals surface area (Å²) in [5.74, 6) is 0.485. The number of fused-ring (bicyclic) bond motifs is 1. The molecule has 0 bridgehead atoms. The summed E-state index contributed by atoms with van der Waals surface area (Å²) in [4.78, 5) is 14.3. The van der Waals surface area contributed by atoms with Gasteiger partial charge in [-0.2, -0.15) is 13.2 Å². The fraction of sp³-hybridized carbons (Fsp3) is 0.400. The maximum absolute atomic E-state index is 12.8. The highest BCUT2D eigenvalue weighted by atomic mass is 19.4. The van der Waals surface area contributed by atoms with E-state index in [0.717, 1.165) is 104 Å². The van der Waals surface area contributed by atoms with Gasteiger partial charge in [0.05, 0.1) is 11.3 Å². The Bertz CT molecular complexity index is 1550. The summed E-state index contributed by atoms with van der Waals surface area (Å²) in [5.41, 5.74) is 3.67. The third-order valence-electron chi connectivity index (χ3n) is 8.06. The first kappa shape index (κ1) is 33.7. The number of anilines is 1. The van der Waals surface area contributed by atoms with Gasteiger partial charge >= 0.3 is 12.2 Å². The Morgan fingerprint density at radius 3 is 2.22 bits per heavy atom. The number of aromatic hydroxyl groups is 2. The SMILES string of the molecule is Cc1c(-c2ccc(O)cc2)n(CCCCCCN(C)CCCCCNC(=O)Nc2cccc(C(F)(F)F)c2)c2ccc(O)cc12. The summed E-state index contributed by atoms with van der Waals surface area (Å²) in [6.07, 6.45) is 2.67. The Labute approximate surface area is 262 Å². The van der Waals surface area contributed by atoms with Crippen LogP contribution >= 0.6 is 0 Å². The van der Waals surface area contributed by atoms with E-state index < -0.39 is 17.8 Å². The summed E-state index contributed by atoms with van der Waals surface area (Å²) in [6, 6.07) is 16.9. The number of unbranched alkanes of at least 4 members (excludes halogenated alkanes) is 5. The fourth-order valence-electron chi connectivity index (χ4n) is 5.69. The molecule has 0 aliphatic carbocycles. The highest BCUT2D eigenvalue weighted by Crippen LogP contribution is 2.36. The molecule has 10 heteroatoms. The van der Waals surface area contributed by atoms with E-state index in [4.69, 9.17) is 0 Å². The molecule has 1 heterocycles. The highest BCUT2D eigenvalue weighted by molar-refractivity contribution is 5.92. The van der Waals surface area contributed by atoms with Crippen LogP contribution in [-0.4, -0.2) is 52.4 Å². The van der Waals surface area contributed by atoms with Crippen molar-refractivity contribution >= 4 is 22.6 Å². The van der Waals surface area contributed by atoms with Crippen LogP contribution in [0.5, 0.6) is 11.5 Å². The standard InChI is InChI=1S/C35H43F3N4O3/c1-25-31-24-30(44)17-18-32(31)42(33(25)26-13-15-29(43)16-14-26)22-9-4-3-7-20-41(2)21-8-5-6-19-39-34(45)40-28-12-10-11-27(23-28)35(36,37)38/h10-18,23-24,43-44H,3-9,19-22H2,1-2H3,(H2,39,40,45). The average molecular weight is 625 g/mol. The van der Waals surface area contributed by atoms with Gasteiger partial charge < -0.3 is 30.3 Å². The number of hydrogen-bond acceptors (Lipinski definition) is 4. The number of phenols is 2. The molecule has 4 N–H and O–H groups in total. The normalized spacial score (nSPS) is 11.8. The zero-order valence-electron chi connectivity index (χ0n) is 26.0. The van der Waals surface area contributed by atoms with Crippen LogP contribution < -0.4 is 10.6 Å². The van der Waals surface area contributed by atoms with E-state index in [1.165, 1.54) is 12.1 Å². The van der Waals surface area contributed by atoms with Gasteiger partial charge in [-0.25, -0.2) is 4.79 Å². The number of nitrogens with zero attached hydrogens (tertiary/aromatic N) is 2. The van der Waals surface area contributed by atoms with Crippen LogP contribution in [0.1, 0.15) is 56.1 Å². The number of aromatic nitrogens is 1. The minimum atomic E-state index is -4.45. The van der Waals surface area contributed by atoms with E-state index in [2.05, 4.69) is 34.1 Å². The average Bonchev–Trinajstić information content (AvgIpc) is 3.27. The highest BCUT2D eigenvalue weighted by Gasteiger charge is 2.30. The molecule has 0 fully saturated rings. The van der Waals surface area contributed by atoms with E-state index in [-0.39, 0.29) is 17.2 Å². The fourth-order valence-corrected chi connectivity index (χ4v) is 5.69. The van der Waals surface area contributed by atoms with Gasteiger partial charge in [-0.15, -0.1) is 0 Å². The number of carbonyl (C=O) groups is 1. The monoisotopic (exact) mass is 624 g/mol. The van der Waals surface area contributed by atoms with Crippen LogP contribution in [0.15, 0.2) is 66.7 Å². The third kappa shape index (κ3) is 9.65. The number of urea groups is 1. The summed E-state index contributed by atoms with van der Waals surface area (Å²) >= 11 is 0. The molecule has 0 atom stereocenters. The zero-order chi connectivity index (χ0) is 32.4. The Balaban J connectivity index is 1.11. The predicted octanol–water partition coefficient (Wildman–Crippen LogP) is 8.53. The first-order valence-electron chi connectivity index (χ1n) is 15.5. The van der Waals surface area contributed by atoms with E-state index in [1.807, 2.05) is 24.3 Å². The van der Waals surface area contributed by atoms with Gasteiger partial charge in [-0.05, 0) is 125 Å². The number of rotatable bonds is 15. The minimum Gasteiger partial charge on any atom is -0.508 e. The molecule has 45 heavy (non-hydrogen) atoms. The van der Waals surface area contributed by atoms with Crippen LogP contribution in [0, 0.1) is 6.92 Å². The minimum absolute atomic E-state index is 0.109. The third-order valence-corrected chi connectivity index (χ3v) is 8.06. The maximum atomic E-state index is 12.8. The summed E-state index contributed by atoms with van der Waals surface area (Å²) in [6.45, 7) is 5.39. The van der Waals surface area contributed by atoms with Crippen LogP contribution in [0.2, 0.25) is 0 Å². The van der Waals surface area contributed by atoms with Crippen LogP contribution in [0.25, 0.3) is 22.2 Å². The van der Waals surface area contributed by atoms with E-state index in [0.29, 0.717) is 6.54 Å². The molecule has 0 saturated heterocycles. The van der Waals surface area contributed by atoms with Crippen molar-refractivity contribution in [1.82, 2.24) is 14.8 Å². The van der Waals surface area contributed by atoms with Crippen molar-refractivity contribution in [2.75, 3.05) is 32.0 Å². The molecule has 7 nitrogen and oxygen atoms in total. The van der Waals surface area contributed by atoms with Crippen molar-refractivity contribution in [2.24, 2.45) is 0 Å². The molecule has 1 aromatic heterocycles. The summed E-state index contributed by atoms with van der Waals surface area (Å²) in [5, 5.41) is 26.0. The molecule has 2 amide bonds. The number of hydrogen-bond donors (Lipinski definition) is 4. The number of aryl methyl sites for hydroxylation is 2. The number of phenolic OH excluding ortho intramolecular Hbond substituents is 2.